The lowest BCUT2D eigenvalue weighted by Gasteiger charge is -2.35. The third kappa shape index (κ3) is 3.29. The largest absolute Gasteiger partial charge is 0.379 e. The number of nitriles is 1. The van der Waals surface area contributed by atoms with Crippen LogP contribution in [0.15, 0.2) is 36.8 Å². The van der Waals surface area contributed by atoms with Crippen molar-refractivity contribution in [2.45, 2.75) is 18.9 Å². The molecule has 2 aromatic heterocycles. The molecule has 1 N–H and O–H groups in total. The van der Waals surface area contributed by atoms with Crippen LogP contribution in [0, 0.1) is 11.3 Å². The Bertz CT molecular complexity index is 683. The number of piperidine rings is 1. The fourth-order valence-corrected chi connectivity index (χ4v) is 2.91. The number of pyridine rings is 2. The number of nitrogens with zero attached hydrogens (tertiary/aromatic N) is 4. The zero-order chi connectivity index (χ0) is 15.4. The molecule has 0 aromatic carbocycles. The lowest BCUT2D eigenvalue weighted by atomic mass is 10.0. The highest BCUT2D eigenvalue weighted by Crippen LogP contribution is 2.23. The van der Waals surface area contributed by atoms with Gasteiger partial charge >= 0.3 is 0 Å². The molecule has 1 aliphatic heterocycles. The summed E-state index contributed by atoms with van der Waals surface area (Å²) in [5.41, 5.74) is 2.25. The number of rotatable bonds is 3. The zero-order valence-electron chi connectivity index (χ0n) is 12.0. The monoisotopic (exact) mass is 313 g/mol. The van der Waals surface area contributed by atoms with E-state index in [1.54, 1.807) is 18.5 Å². The topological polar surface area (TPSA) is 64.8 Å². The van der Waals surface area contributed by atoms with E-state index in [1.807, 2.05) is 18.3 Å². The van der Waals surface area contributed by atoms with Gasteiger partial charge in [-0.1, -0.05) is 11.6 Å². The van der Waals surface area contributed by atoms with E-state index >= 15 is 0 Å². The summed E-state index contributed by atoms with van der Waals surface area (Å²) in [5, 5.41) is 12.7. The van der Waals surface area contributed by atoms with Gasteiger partial charge in [-0.2, -0.15) is 5.26 Å². The molecular formula is C16H16ClN5. The first-order chi connectivity index (χ1) is 10.8. The van der Waals surface area contributed by atoms with Crippen LogP contribution in [-0.4, -0.2) is 29.1 Å². The van der Waals surface area contributed by atoms with Gasteiger partial charge in [-0.25, -0.2) is 4.98 Å². The second-order valence-electron chi connectivity index (χ2n) is 5.31. The normalized spacial score (nSPS) is 17.8. The van der Waals surface area contributed by atoms with Gasteiger partial charge in [0.2, 0.25) is 0 Å². The Kier molecular flexibility index (Phi) is 4.40. The maximum atomic E-state index is 8.86. The highest BCUT2D eigenvalue weighted by molar-refractivity contribution is 6.31. The molecule has 0 amide bonds. The Morgan fingerprint density at radius 2 is 2.32 bits per heavy atom. The predicted molar refractivity (Wildman–Crippen MR) is 87.1 cm³/mol. The third-order valence-corrected chi connectivity index (χ3v) is 4.04. The molecule has 3 rings (SSSR count). The van der Waals surface area contributed by atoms with Crippen molar-refractivity contribution in [2.75, 3.05) is 23.3 Å². The lowest BCUT2D eigenvalue weighted by Crippen LogP contribution is -2.42. The van der Waals surface area contributed by atoms with Crippen LogP contribution in [0.5, 0.6) is 0 Å². The lowest BCUT2D eigenvalue weighted by molar-refractivity contribution is 0.529. The van der Waals surface area contributed by atoms with Gasteiger partial charge < -0.3 is 10.2 Å². The molecule has 0 saturated carbocycles. The Balaban J connectivity index is 1.68. The van der Waals surface area contributed by atoms with Crippen LogP contribution in [0.3, 0.4) is 0 Å². The average molecular weight is 314 g/mol. The minimum Gasteiger partial charge on any atom is -0.379 e. The van der Waals surface area contributed by atoms with Crippen LogP contribution in [0.25, 0.3) is 0 Å². The Labute approximate surface area is 134 Å². The molecule has 2 aromatic rings. The van der Waals surface area contributed by atoms with Crippen molar-refractivity contribution in [3.63, 3.8) is 0 Å². The van der Waals surface area contributed by atoms with Crippen LogP contribution < -0.4 is 10.2 Å². The SMILES string of the molecule is N#Cc1ncc(NC2CCCN(c3cccnc3)C2)cc1Cl. The summed E-state index contributed by atoms with van der Waals surface area (Å²) in [7, 11) is 0. The van der Waals surface area contributed by atoms with Crippen molar-refractivity contribution < 1.29 is 0 Å². The smallest absolute Gasteiger partial charge is 0.159 e. The van der Waals surface area contributed by atoms with E-state index in [2.05, 4.69) is 26.3 Å². The summed E-state index contributed by atoms with van der Waals surface area (Å²) in [5.74, 6) is 0. The van der Waals surface area contributed by atoms with Crippen molar-refractivity contribution >= 4 is 23.0 Å². The highest BCUT2D eigenvalue weighted by Gasteiger charge is 2.20. The van der Waals surface area contributed by atoms with Gasteiger partial charge in [-0.15, -0.1) is 0 Å². The minimum absolute atomic E-state index is 0.257. The summed E-state index contributed by atoms with van der Waals surface area (Å²) in [6.07, 6.45) is 7.54. The molecule has 22 heavy (non-hydrogen) atoms. The fourth-order valence-electron chi connectivity index (χ4n) is 2.71. The number of aromatic nitrogens is 2. The minimum atomic E-state index is 0.257. The molecule has 5 nitrogen and oxygen atoms in total. The van der Waals surface area contributed by atoms with Gasteiger partial charge in [0.25, 0.3) is 0 Å². The van der Waals surface area contributed by atoms with Gasteiger partial charge in [-0.05, 0) is 31.0 Å². The van der Waals surface area contributed by atoms with E-state index in [0.29, 0.717) is 11.1 Å². The van der Waals surface area contributed by atoms with Crippen molar-refractivity contribution in [3.8, 4) is 6.07 Å². The van der Waals surface area contributed by atoms with Crippen LogP contribution in [0.4, 0.5) is 11.4 Å². The molecule has 0 bridgehead atoms. The van der Waals surface area contributed by atoms with E-state index in [0.717, 1.165) is 37.3 Å². The van der Waals surface area contributed by atoms with Crippen molar-refractivity contribution in [3.05, 3.63) is 47.5 Å². The predicted octanol–water partition coefficient (Wildman–Crippen LogP) is 3.08. The quantitative estimate of drug-likeness (QED) is 0.943. The number of nitrogens with one attached hydrogen (secondary N) is 1. The zero-order valence-corrected chi connectivity index (χ0v) is 12.8. The van der Waals surface area contributed by atoms with E-state index in [1.165, 1.54) is 0 Å². The second kappa shape index (κ2) is 6.63. The van der Waals surface area contributed by atoms with Crippen molar-refractivity contribution in [1.82, 2.24) is 9.97 Å². The summed E-state index contributed by atoms with van der Waals surface area (Å²) in [6, 6.07) is 8.08. The number of anilines is 2. The van der Waals surface area contributed by atoms with Crippen molar-refractivity contribution in [2.24, 2.45) is 0 Å². The number of hydrogen-bond donors (Lipinski definition) is 1. The van der Waals surface area contributed by atoms with Crippen LogP contribution in [-0.2, 0) is 0 Å². The second-order valence-corrected chi connectivity index (χ2v) is 5.71. The van der Waals surface area contributed by atoms with Crippen LogP contribution in [0.2, 0.25) is 5.02 Å². The molecule has 6 heteroatoms. The van der Waals surface area contributed by atoms with E-state index in [-0.39, 0.29) is 5.69 Å². The number of hydrogen-bond acceptors (Lipinski definition) is 5. The molecule has 1 aliphatic rings. The molecule has 112 valence electrons. The molecule has 1 fully saturated rings. The van der Waals surface area contributed by atoms with E-state index in [4.69, 9.17) is 16.9 Å². The maximum absolute atomic E-state index is 8.86. The summed E-state index contributed by atoms with van der Waals surface area (Å²) < 4.78 is 0. The van der Waals surface area contributed by atoms with Crippen LogP contribution in [0.1, 0.15) is 18.5 Å². The van der Waals surface area contributed by atoms with E-state index < -0.39 is 0 Å². The molecule has 3 heterocycles. The molecule has 0 spiro atoms. The molecule has 1 unspecified atom stereocenters. The summed E-state index contributed by atoms with van der Waals surface area (Å²) >= 11 is 6.03. The first-order valence-electron chi connectivity index (χ1n) is 7.23. The summed E-state index contributed by atoms with van der Waals surface area (Å²) in [6.45, 7) is 1.94. The van der Waals surface area contributed by atoms with E-state index in [9.17, 15) is 0 Å². The Morgan fingerprint density at radius 3 is 3.05 bits per heavy atom. The molecule has 0 aliphatic carbocycles. The number of halogens is 1. The van der Waals surface area contributed by atoms with Gasteiger partial charge in [0.1, 0.15) is 6.07 Å². The first-order valence-corrected chi connectivity index (χ1v) is 7.61. The van der Waals surface area contributed by atoms with Gasteiger partial charge in [0.15, 0.2) is 5.69 Å². The van der Waals surface area contributed by atoms with Crippen LogP contribution >= 0.6 is 11.6 Å². The van der Waals surface area contributed by atoms with Gasteiger partial charge in [0.05, 0.1) is 28.8 Å². The molecule has 1 atom stereocenters. The van der Waals surface area contributed by atoms with Crippen molar-refractivity contribution in [1.29, 1.82) is 5.26 Å². The highest BCUT2D eigenvalue weighted by atomic mass is 35.5. The summed E-state index contributed by atoms with van der Waals surface area (Å²) in [4.78, 5) is 10.6. The standard InChI is InChI=1S/C16H16ClN5/c17-15-7-13(9-20-16(15)8-18)21-12-3-2-6-22(11-12)14-4-1-5-19-10-14/h1,4-5,7,9-10,12,21H,2-3,6,11H2. The van der Waals surface area contributed by atoms with Gasteiger partial charge in [-0.3, -0.25) is 4.98 Å². The average Bonchev–Trinajstić information content (AvgIpc) is 2.56. The Morgan fingerprint density at radius 1 is 1.41 bits per heavy atom. The molecular weight excluding hydrogens is 298 g/mol. The fraction of sp³-hybridized carbons (Fsp3) is 0.312. The molecule has 0 radical (unpaired) electrons. The molecule has 1 saturated heterocycles. The van der Waals surface area contributed by atoms with Gasteiger partial charge in [0, 0.05) is 25.3 Å². The Hall–Kier alpha value is -2.32. The third-order valence-electron chi connectivity index (χ3n) is 3.75. The first kappa shape index (κ1) is 14.6. The maximum Gasteiger partial charge on any atom is 0.159 e.